The number of benzene rings is 11. The molecule has 1 nitrogen and oxygen atoms in total. The molecular formula is C68H54O. The van der Waals surface area contributed by atoms with Gasteiger partial charge in [-0.25, -0.2) is 0 Å². The van der Waals surface area contributed by atoms with E-state index in [1.54, 1.807) is 0 Å². The summed E-state index contributed by atoms with van der Waals surface area (Å²) < 4.78 is 6.23. The molecule has 0 atom stereocenters. The minimum absolute atomic E-state index is 0.0784. The largest absolute Gasteiger partial charge is 0.488 e. The Balaban J connectivity index is 0.937. The molecule has 2 aliphatic carbocycles. The number of hydrogen-bond acceptors (Lipinski definition) is 1. The highest BCUT2D eigenvalue weighted by atomic mass is 16.5. The van der Waals surface area contributed by atoms with Gasteiger partial charge in [-0.05, 0) is 183 Å². The van der Waals surface area contributed by atoms with Crippen LogP contribution in [0.1, 0.15) is 70.7 Å². The Morgan fingerprint density at radius 1 is 0.290 bits per heavy atom. The van der Waals surface area contributed by atoms with E-state index in [4.69, 9.17) is 4.74 Å². The van der Waals surface area contributed by atoms with Crippen LogP contribution in [-0.4, -0.2) is 5.60 Å². The summed E-state index contributed by atoms with van der Waals surface area (Å²) in [6, 6.07) is 75.4. The second-order valence-electron chi connectivity index (χ2n) is 21.5. The van der Waals surface area contributed by atoms with Crippen molar-refractivity contribution in [2.45, 2.75) is 64.9 Å². The Morgan fingerprint density at radius 3 is 0.913 bits per heavy atom. The maximum atomic E-state index is 6.23. The van der Waals surface area contributed by atoms with Gasteiger partial charge < -0.3 is 4.74 Å². The van der Waals surface area contributed by atoms with E-state index in [0.717, 1.165) is 5.75 Å². The van der Waals surface area contributed by atoms with Crippen molar-refractivity contribution >= 4 is 43.1 Å². The van der Waals surface area contributed by atoms with Crippen LogP contribution in [0.4, 0.5) is 0 Å². The van der Waals surface area contributed by atoms with Crippen LogP contribution < -0.4 is 4.74 Å². The van der Waals surface area contributed by atoms with E-state index in [1.165, 1.54) is 132 Å². The molecule has 11 aromatic carbocycles. The number of hydrogen-bond donors (Lipinski definition) is 0. The molecule has 11 aromatic rings. The SMILES string of the molecule is CC(C)(C)Oc1ccc(-c2c3ccccc3c(-c3ccc4c(c3)C(C)(C)c3cc(-c5c6ccccc6c(-c6ccc7c(c6)C(C)(C)c6ccccc6-7)c6ccccc56)ccc3-4)c3ccccc23)cc1. The average molecular weight is 887 g/mol. The van der Waals surface area contributed by atoms with E-state index in [2.05, 4.69) is 249 Å². The summed E-state index contributed by atoms with van der Waals surface area (Å²) in [5.74, 6) is 0.881. The quantitative estimate of drug-likeness (QED) is 0.157. The van der Waals surface area contributed by atoms with Crippen LogP contribution in [0.3, 0.4) is 0 Å². The molecule has 0 radical (unpaired) electrons. The molecule has 332 valence electrons. The second-order valence-corrected chi connectivity index (χ2v) is 21.5. The normalized spacial score (nSPS) is 14.2. The van der Waals surface area contributed by atoms with Crippen molar-refractivity contribution in [3.05, 3.63) is 222 Å². The molecule has 1 heteroatoms. The smallest absolute Gasteiger partial charge is 0.120 e. The van der Waals surface area contributed by atoms with Crippen molar-refractivity contribution in [1.82, 2.24) is 0 Å². The standard InChI is InChI=1S/C68H54O/c1-66(2,3)69-45-33-28-41(29-34-45)62-50-19-8-10-21-52(50)63(53-22-11-9-20-51(53)62)43-31-36-48-49-37-32-44(40-61(49)68(6,7)60(48)39-43)65-56-25-14-12-23-54(56)64(55-24-13-15-26-57(55)65)42-30-35-47-46-18-16-17-27-58(46)67(4,5)59(47)38-42/h8-40H,1-7H3. The lowest BCUT2D eigenvalue weighted by Gasteiger charge is -2.24. The van der Waals surface area contributed by atoms with Gasteiger partial charge in [0.15, 0.2) is 0 Å². The molecule has 0 aromatic heterocycles. The number of rotatable bonds is 5. The molecule has 0 saturated carbocycles. The van der Waals surface area contributed by atoms with Gasteiger partial charge in [-0.3, -0.25) is 0 Å². The molecule has 0 aliphatic heterocycles. The molecule has 0 heterocycles. The molecule has 2 aliphatic rings. The van der Waals surface area contributed by atoms with Crippen molar-refractivity contribution in [1.29, 1.82) is 0 Å². The summed E-state index contributed by atoms with van der Waals surface area (Å²) in [6.07, 6.45) is 0. The fraction of sp³-hybridized carbons (Fsp3) is 0.147. The van der Waals surface area contributed by atoms with Crippen molar-refractivity contribution in [3.8, 4) is 72.5 Å². The Labute approximate surface area is 405 Å². The molecule has 0 N–H and O–H groups in total. The summed E-state index contributed by atoms with van der Waals surface area (Å²) in [6.45, 7) is 15.9. The van der Waals surface area contributed by atoms with Gasteiger partial charge in [-0.2, -0.15) is 0 Å². The summed E-state index contributed by atoms with van der Waals surface area (Å²) >= 11 is 0. The topological polar surface area (TPSA) is 9.23 Å². The van der Waals surface area contributed by atoms with Gasteiger partial charge in [0, 0.05) is 10.8 Å². The fourth-order valence-corrected chi connectivity index (χ4v) is 12.5. The first-order valence-electron chi connectivity index (χ1n) is 24.6. The highest BCUT2D eigenvalue weighted by Crippen LogP contribution is 2.55. The van der Waals surface area contributed by atoms with Crippen molar-refractivity contribution < 1.29 is 4.74 Å². The zero-order chi connectivity index (χ0) is 47.0. The molecule has 0 bridgehead atoms. The summed E-state index contributed by atoms with van der Waals surface area (Å²) in [4.78, 5) is 0. The molecule has 0 unspecified atom stereocenters. The molecule has 69 heavy (non-hydrogen) atoms. The predicted octanol–water partition coefficient (Wildman–Crippen LogP) is 18.8. The third-order valence-corrected chi connectivity index (χ3v) is 15.6. The highest BCUT2D eigenvalue weighted by molar-refractivity contribution is 6.23. The summed E-state index contributed by atoms with van der Waals surface area (Å²) in [5, 5.41) is 10.1. The van der Waals surface area contributed by atoms with Gasteiger partial charge in [0.1, 0.15) is 11.4 Å². The van der Waals surface area contributed by atoms with E-state index in [-0.39, 0.29) is 16.4 Å². The third kappa shape index (κ3) is 6.23. The lowest BCUT2D eigenvalue weighted by Crippen LogP contribution is -2.22. The van der Waals surface area contributed by atoms with Crippen LogP contribution in [0.2, 0.25) is 0 Å². The zero-order valence-electron chi connectivity index (χ0n) is 40.5. The predicted molar refractivity (Wildman–Crippen MR) is 294 cm³/mol. The maximum Gasteiger partial charge on any atom is 0.120 e. The Kier molecular flexibility index (Phi) is 8.94. The minimum Gasteiger partial charge on any atom is -0.488 e. The lowest BCUT2D eigenvalue weighted by molar-refractivity contribution is 0.131. The van der Waals surface area contributed by atoms with E-state index in [9.17, 15) is 0 Å². The monoisotopic (exact) mass is 886 g/mol. The van der Waals surface area contributed by atoms with Crippen LogP contribution in [0.15, 0.2) is 200 Å². The highest BCUT2D eigenvalue weighted by Gasteiger charge is 2.38. The Bertz CT molecular complexity index is 3830. The van der Waals surface area contributed by atoms with E-state index >= 15 is 0 Å². The molecule has 0 saturated heterocycles. The zero-order valence-corrected chi connectivity index (χ0v) is 40.5. The van der Waals surface area contributed by atoms with Crippen molar-refractivity contribution in [2.75, 3.05) is 0 Å². The lowest BCUT2D eigenvalue weighted by atomic mass is 9.79. The van der Waals surface area contributed by atoms with Crippen LogP contribution in [0, 0.1) is 0 Å². The number of fused-ring (bicyclic) bond motifs is 10. The van der Waals surface area contributed by atoms with Crippen LogP contribution in [-0.2, 0) is 10.8 Å². The van der Waals surface area contributed by atoms with Gasteiger partial charge in [0.2, 0.25) is 0 Å². The molecule has 0 amide bonds. The Morgan fingerprint density at radius 2 is 0.565 bits per heavy atom. The van der Waals surface area contributed by atoms with Crippen LogP contribution in [0.25, 0.3) is 110 Å². The maximum absolute atomic E-state index is 6.23. The molecule has 0 fully saturated rings. The van der Waals surface area contributed by atoms with Gasteiger partial charge in [-0.1, -0.05) is 198 Å². The first kappa shape index (κ1) is 41.4. The van der Waals surface area contributed by atoms with Gasteiger partial charge in [0.25, 0.3) is 0 Å². The Hall–Kier alpha value is -7.74. The van der Waals surface area contributed by atoms with Gasteiger partial charge >= 0.3 is 0 Å². The van der Waals surface area contributed by atoms with Crippen LogP contribution in [0.5, 0.6) is 5.75 Å². The van der Waals surface area contributed by atoms with E-state index in [0.29, 0.717) is 0 Å². The summed E-state index contributed by atoms with van der Waals surface area (Å²) in [7, 11) is 0. The second kappa shape index (κ2) is 14.9. The molecule has 13 rings (SSSR count). The molecule has 0 spiro atoms. The van der Waals surface area contributed by atoms with Gasteiger partial charge in [0.05, 0.1) is 0 Å². The minimum atomic E-state index is -0.261. The first-order chi connectivity index (χ1) is 33.4. The average Bonchev–Trinajstić information content (AvgIpc) is 3.72. The summed E-state index contributed by atoms with van der Waals surface area (Å²) in [5.41, 5.74) is 20.4. The molecular weight excluding hydrogens is 833 g/mol. The number of ether oxygens (including phenoxy) is 1. The van der Waals surface area contributed by atoms with Gasteiger partial charge in [-0.15, -0.1) is 0 Å². The first-order valence-corrected chi connectivity index (χ1v) is 24.6. The van der Waals surface area contributed by atoms with E-state index in [1.807, 2.05) is 0 Å². The van der Waals surface area contributed by atoms with Crippen molar-refractivity contribution in [3.63, 3.8) is 0 Å². The third-order valence-electron chi connectivity index (χ3n) is 15.6. The van der Waals surface area contributed by atoms with Crippen LogP contribution >= 0.6 is 0 Å². The van der Waals surface area contributed by atoms with Crippen molar-refractivity contribution in [2.24, 2.45) is 0 Å². The fourth-order valence-electron chi connectivity index (χ4n) is 12.5. The van der Waals surface area contributed by atoms with E-state index < -0.39 is 0 Å².